The van der Waals surface area contributed by atoms with E-state index >= 15 is 0 Å². The van der Waals surface area contributed by atoms with E-state index in [4.69, 9.17) is 4.74 Å². The van der Waals surface area contributed by atoms with Gasteiger partial charge in [-0.1, -0.05) is 30.3 Å². The predicted molar refractivity (Wildman–Crippen MR) is 104 cm³/mol. The molecule has 3 rings (SSSR count). The lowest BCUT2D eigenvalue weighted by Gasteiger charge is -2.14. The van der Waals surface area contributed by atoms with E-state index in [0.717, 1.165) is 5.56 Å². The van der Waals surface area contributed by atoms with Crippen molar-refractivity contribution >= 4 is 23.3 Å². The van der Waals surface area contributed by atoms with Crippen LogP contribution in [-0.2, 0) is 0 Å². The van der Waals surface area contributed by atoms with Gasteiger partial charge in [0.15, 0.2) is 0 Å². The van der Waals surface area contributed by atoms with Crippen molar-refractivity contribution in [2.75, 3.05) is 17.7 Å². The fraction of sp³-hybridized carbons (Fsp3) is 0.0952. The molecule has 0 aliphatic rings. The molecule has 0 spiro atoms. The summed E-state index contributed by atoms with van der Waals surface area (Å²) < 4.78 is 5.34. The molecular weight excluding hydrogens is 342 g/mol. The molecule has 2 amide bonds. The number of anilines is 2. The van der Waals surface area contributed by atoms with Crippen LogP contribution in [0.2, 0.25) is 0 Å². The highest BCUT2D eigenvalue weighted by atomic mass is 16.5. The lowest BCUT2D eigenvalue weighted by Crippen LogP contribution is -2.19. The standard InChI is InChI=1S/C21H19N3O3/c1-14-8-7-10-16(19(14)27-2)21(26)23-17-11-4-3-9-15(17)20(25)24-18-12-5-6-13-22-18/h3-13H,1-2H3,(H,23,26)(H,22,24,25). The Kier molecular flexibility index (Phi) is 5.47. The van der Waals surface area contributed by atoms with Gasteiger partial charge in [-0.15, -0.1) is 0 Å². The second kappa shape index (κ2) is 8.14. The molecule has 0 saturated carbocycles. The van der Waals surface area contributed by atoms with Crippen molar-refractivity contribution in [3.63, 3.8) is 0 Å². The summed E-state index contributed by atoms with van der Waals surface area (Å²) in [6.45, 7) is 1.86. The number of aromatic nitrogens is 1. The molecule has 136 valence electrons. The maximum absolute atomic E-state index is 12.7. The quantitative estimate of drug-likeness (QED) is 0.722. The smallest absolute Gasteiger partial charge is 0.259 e. The van der Waals surface area contributed by atoms with Crippen LogP contribution in [0, 0.1) is 6.92 Å². The van der Waals surface area contributed by atoms with Crippen LogP contribution >= 0.6 is 0 Å². The van der Waals surface area contributed by atoms with Crippen LogP contribution in [0.5, 0.6) is 5.75 Å². The number of amides is 2. The molecule has 3 aromatic rings. The van der Waals surface area contributed by atoms with Crippen LogP contribution in [-0.4, -0.2) is 23.9 Å². The summed E-state index contributed by atoms with van der Waals surface area (Å²) >= 11 is 0. The summed E-state index contributed by atoms with van der Waals surface area (Å²) in [6.07, 6.45) is 1.59. The summed E-state index contributed by atoms with van der Waals surface area (Å²) in [5, 5.41) is 5.51. The van der Waals surface area contributed by atoms with Gasteiger partial charge < -0.3 is 15.4 Å². The Morgan fingerprint density at radius 1 is 0.852 bits per heavy atom. The van der Waals surface area contributed by atoms with Crippen molar-refractivity contribution in [1.82, 2.24) is 4.98 Å². The number of aryl methyl sites for hydroxylation is 1. The van der Waals surface area contributed by atoms with E-state index in [2.05, 4.69) is 15.6 Å². The van der Waals surface area contributed by atoms with Gasteiger partial charge in [-0.25, -0.2) is 4.98 Å². The third kappa shape index (κ3) is 4.12. The molecule has 0 fully saturated rings. The summed E-state index contributed by atoms with van der Waals surface area (Å²) in [6, 6.07) is 17.4. The number of para-hydroxylation sites is 2. The number of benzene rings is 2. The van der Waals surface area contributed by atoms with Crippen LogP contribution in [0.15, 0.2) is 66.9 Å². The Hall–Kier alpha value is -3.67. The van der Waals surface area contributed by atoms with Crippen molar-refractivity contribution in [3.05, 3.63) is 83.6 Å². The zero-order valence-corrected chi connectivity index (χ0v) is 15.0. The van der Waals surface area contributed by atoms with Gasteiger partial charge in [0.2, 0.25) is 0 Å². The first kappa shape index (κ1) is 18.1. The minimum atomic E-state index is -0.360. The summed E-state index contributed by atoms with van der Waals surface area (Å²) in [5.74, 6) is 0.226. The maximum Gasteiger partial charge on any atom is 0.259 e. The van der Waals surface area contributed by atoms with E-state index in [9.17, 15) is 9.59 Å². The summed E-state index contributed by atoms with van der Waals surface area (Å²) in [4.78, 5) is 29.4. The van der Waals surface area contributed by atoms with Crippen molar-refractivity contribution < 1.29 is 14.3 Å². The van der Waals surface area contributed by atoms with Crippen LogP contribution in [0.4, 0.5) is 11.5 Å². The van der Waals surface area contributed by atoms with Gasteiger partial charge in [0, 0.05) is 6.20 Å². The first-order valence-corrected chi connectivity index (χ1v) is 8.36. The molecule has 0 aliphatic heterocycles. The molecule has 0 atom stereocenters. The largest absolute Gasteiger partial charge is 0.496 e. The van der Waals surface area contributed by atoms with E-state index in [1.165, 1.54) is 7.11 Å². The molecule has 27 heavy (non-hydrogen) atoms. The number of nitrogens with one attached hydrogen (secondary N) is 2. The highest BCUT2D eigenvalue weighted by Crippen LogP contribution is 2.25. The number of nitrogens with zero attached hydrogens (tertiary/aromatic N) is 1. The van der Waals surface area contributed by atoms with E-state index < -0.39 is 0 Å². The average Bonchev–Trinajstić information content (AvgIpc) is 2.69. The van der Waals surface area contributed by atoms with Crippen LogP contribution < -0.4 is 15.4 Å². The Bertz CT molecular complexity index is 971. The number of carbonyl (C=O) groups is 2. The van der Waals surface area contributed by atoms with Gasteiger partial charge in [0.05, 0.1) is 23.9 Å². The topological polar surface area (TPSA) is 80.3 Å². The average molecular weight is 361 g/mol. The molecule has 6 nitrogen and oxygen atoms in total. The molecule has 0 radical (unpaired) electrons. The van der Waals surface area contributed by atoms with Gasteiger partial charge in [-0.3, -0.25) is 9.59 Å². The second-order valence-electron chi connectivity index (χ2n) is 5.82. The lowest BCUT2D eigenvalue weighted by atomic mass is 10.1. The van der Waals surface area contributed by atoms with Gasteiger partial charge in [0.1, 0.15) is 11.6 Å². The molecule has 0 bridgehead atoms. The minimum Gasteiger partial charge on any atom is -0.496 e. The highest BCUT2D eigenvalue weighted by molar-refractivity contribution is 6.13. The zero-order chi connectivity index (χ0) is 19.2. The number of carbonyl (C=O) groups excluding carboxylic acids is 2. The molecule has 2 N–H and O–H groups in total. The Morgan fingerprint density at radius 3 is 2.30 bits per heavy atom. The fourth-order valence-electron chi connectivity index (χ4n) is 2.70. The normalized spacial score (nSPS) is 10.1. The number of ether oxygens (including phenoxy) is 1. The number of hydrogen-bond acceptors (Lipinski definition) is 4. The van der Waals surface area contributed by atoms with E-state index in [0.29, 0.717) is 28.4 Å². The van der Waals surface area contributed by atoms with E-state index in [1.54, 1.807) is 60.8 Å². The van der Waals surface area contributed by atoms with Crippen molar-refractivity contribution in [2.45, 2.75) is 6.92 Å². The van der Waals surface area contributed by atoms with E-state index in [-0.39, 0.29) is 11.8 Å². The molecule has 0 aliphatic carbocycles. The van der Waals surface area contributed by atoms with Gasteiger partial charge >= 0.3 is 0 Å². The first-order chi connectivity index (χ1) is 13.1. The Balaban J connectivity index is 1.85. The van der Waals surface area contributed by atoms with Crippen LogP contribution in [0.1, 0.15) is 26.3 Å². The molecule has 1 heterocycles. The van der Waals surface area contributed by atoms with E-state index in [1.807, 2.05) is 13.0 Å². The summed E-state index contributed by atoms with van der Waals surface area (Å²) in [5.41, 5.74) is 1.99. The SMILES string of the molecule is COc1c(C)cccc1C(=O)Nc1ccccc1C(=O)Nc1ccccn1. The molecule has 1 aromatic heterocycles. The third-order valence-electron chi connectivity index (χ3n) is 3.99. The van der Waals surface area contributed by atoms with Crippen molar-refractivity contribution in [3.8, 4) is 5.75 Å². The highest BCUT2D eigenvalue weighted by Gasteiger charge is 2.17. The number of pyridine rings is 1. The molecule has 0 saturated heterocycles. The van der Waals surface area contributed by atoms with Gasteiger partial charge in [-0.05, 0) is 42.8 Å². The van der Waals surface area contributed by atoms with Gasteiger partial charge in [0.25, 0.3) is 11.8 Å². The minimum absolute atomic E-state index is 0.336. The molecule has 6 heteroatoms. The molecule has 2 aromatic carbocycles. The zero-order valence-electron chi connectivity index (χ0n) is 15.0. The Morgan fingerprint density at radius 2 is 1.56 bits per heavy atom. The predicted octanol–water partition coefficient (Wildman–Crippen LogP) is 3.90. The first-order valence-electron chi connectivity index (χ1n) is 8.36. The Labute approximate surface area is 157 Å². The lowest BCUT2D eigenvalue weighted by molar-refractivity contribution is 0.102. The maximum atomic E-state index is 12.7. The van der Waals surface area contributed by atoms with Crippen LogP contribution in [0.25, 0.3) is 0 Å². The third-order valence-corrected chi connectivity index (χ3v) is 3.99. The summed E-state index contributed by atoms with van der Waals surface area (Å²) in [7, 11) is 1.52. The van der Waals surface area contributed by atoms with Crippen LogP contribution in [0.3, 0.4) is 0 Å². The number of methoxy groups -OCH3 is 1. The number of rotatable bonds is 5. The number of hydrogen-bond donors (Lipinski definition) is 2. The second-order valence-corrected chi connectivity index (χ2v) is 5.82. The molecule has 0 unspecified atom stereocenters. The van der Waals surface area contributed by atoms with Gasteiger partial charge in [-0.2, -0.15) is 0 Å². The monoisotopic (exact) mass is 361 g/mol. The fourth-order valence-corrected chi connectivity index (χ4v) is 2.70. The van der Waals surface area contributed by atoms with Crippen molar-refractivity contribution in [2.24, 2.45) is 0 Å². The van der Waals surface area contributed by atoms with Crippen molar-refractivity contribution in [1.29, 1.82) is 0 Å². The molecular formula is C21H19N3O3.